The van der Waals surface area contributed by atoms with Crippen LogP contribution < -0.4 is 10.1 Å². The molecular formula is C17H15NO2. The molecule has 2 aromatic carbocycles. The number of hydrogen-bond donors (Lipinski definition) is 1. The van der Waals surface area contributed by atoms with E-state index in [1.807, 2.05) is 30.3 Å². The van der Waals surface area contributed by atoms with E-state index >= 15 is 0 Å². The predicted molar refractivity (Wildman–Crippen MR) is 76.0 cm³/mol. The Morgan fingerprint density at radius 3 is 2.75 bits per heavy atom. The number of carbonyl (C=O) groups excluding carboxylic acids is 1. The zero-order valence-electron chi connectivity index (χ0n) is 11.3. The zero-order chi connectivity index (χ0) is 13.7. The molecule has 1 heterocycles. The van der Waals surface area contributed by atoms with E-state index in [2.05, 4.69) is 17.4 Å². The fourth-order valence-electron chi connectivity index (χ4n) is 3.65. The van der Waals surface area contributed by atoms with Crippen molar-refractivity contribution in [3.05, 3.63) is 64.7 Å². The predicted octanol–water partition coefficient (Wildman–Crippen LogP) is 2.63. The van der Waals surface area contributed by atoms with Gasteiger partial charge in [0.15, 0.2) is 0 Å². The number of hydrogen-bond acceptors (Lipinski definition) is 2. The molecule has 3 heteroatoms. The smallest absolute Gasteiger partial charge is 0.252 e. The Bertz CT molecular complexity index is 723. The lowest BCUT2D eigenvalue weighted by Gasteiger charge is -2.26. The first-order valence-corrected chi connectivity index (χ1v) is 6.84. The van der Waals surface area contributed by atoms with Gasteiger partial charge in [0.2, 0.25) is 0 Å². The summed E-state index contributed by atoms with van der Waals surface area (Å²) in [6, 6.07) is 14.0. The highest BCUT2D eigenvalue weighted by Gasteiger charge is 2.48. The van der Waals surface area contributed by atoms with Crippen LogP contribution in [0.5, 0.6) is 5.75 Å². The van der Waals surface area contributed by atoms with Gasteiger partial charge in [0.05, 0.1) is 12.6 Å². The molecule has 0 aromatic heterocycles. The van der Waals surface area contributed by atoms with E-state index in [1.54, 1.807) is 7.11 Å². The minimum atomic E-state index is -0.364. The molecule has 1 spiro atoms. The fourth-order valence-corrected chi connectivity index (χ4v) is 3.65. The number of amides is 1. The molecule has 0 bridgehead atoms. The van der Waals surface area contributed by atoms with Crippen LogP contribution in [0.15, 0.2) is 42.5 Å². The van der Waals surface area contributed by atoms with Crippen molar-refractivity contribution in [1.82, 2.24) is 5.32 Å². The van der Waals surface area contributed by atoms with E-state index in [0.717, 1.165) is 29.7 Å². The lowest BCUT2D eigenvalue weighted by molar-refractivity contribution is 0.0940. The summed E-state index contributed by atoms with van der Waals surface area (Å²) in [6.07, 6.45) is 1.82. The van der Waals surface area contributed by atoms with E-state index in [-0.39, 0.29) is 11.4 Å². The van der Waals surface area contributed by atoms with Crippen molar-refractivity contribution in [3.63, 3.8) is 0 Å². The standard InChI is InChI=1S/C17H15NO2/c1-20-15-8-4-7-13-11(15)9-10-17(13)14-6-3-2-5-12(14)16(19)18-17/h2-8H,9-10H2,1H3,(H,18,19). The number of carbonyl (C=O) groups is 1. The van der Waals surface area contributed by atoms with Gasteiger partial charge in [-0.25, -0.2) is 0 Å². The van der Waals surface area contributed by atoms with Crippen LogP contribution in [-0.2, 0) is 12.0 Å². The second-order valence-corrected chi connectivity index (χ2v) is 5.39. The van der Waals surface area contributed by atoms with Crippen LogP contribution in [0.25, 0.3) is 0 Å². The minimum absolute atomic E-state index is 0.0243. The molecule has 4 rings (SSSR count). The van der Waals surface area contributed by atoms with Crippen LogP contribution >= 0.6 is 0 Å². The Kier molecular flexibility index (Phi) is 2.22. The SMILES string of the molecule is COc1cccc2c1CCC21NC(=O)c2ccccc21. The molecule has 2 aromatic rings. The average molecular weight is 265 g/mol. The summed E-state index contributed by atoms with van der Waals surface area (Å²) in [7, 11) is 1.70. The molecule has 100 valence electrons. The molecule has 1 unspecified atom stereocenters. The van der Waals surface area contributed by atoms with Gasteiger partial charge < -0.3 is 10.1 Å². The first-order chi connectivity index (χ1) is 9.76. The van der Waals surface area contributed by atoms with Crippen LogP contribution in [0.1, 0.15) is 33.5 Å². The summed E-state index contributed by atoms with van der Waals surface area (Å²) >= 11 is 0. The van der Waals surface area contributed by atoms with Gasteiger partial charge in [0.25, 0.3) is 5.91 Å². The monoisotopic (exact) mass is 265 g/mol. The van der Waals surface area contributed by atoms with Crippen molar-refractivity contribution >= 4 is 5.91 Å². The van der Waals surface area contributed by atoms with Gasteiger partial charge in [-0.1, -0.05) is 30.3 Å². The van der Waals surface area contributed by atoms with Gasteiger partial charge in [0.1, 0.15) is 5.75 Å². The summed E-state index contributed by atoms with van der Waals surface area (Å²) in [4.78, 5) is 12.2. The Labute approximate surface area is 117 Å². The first-order valence-electron chi connectivity index (χ1n) is 6.84. The summed E-state index contributed by atoms with van der Waals surface area (Å²) in [5, 5.41) is 3.21. The number of nitrogens with one attached hydrogen (secondary N) is 1. The second kappa shape index (κ2) is 3.85. The lowest BCUT2D eigenvalue weighted by atomic mass is 9.85. The average Bonchev–Trinajstić information content (AvgIpc) is 3.00. The van der Waals surface area contributed by atoms with Gasteiger partial charge in [-0.2, -0.15) is 0 Å². The summed E-state index contributed by atoms with van der Waals surface area (Å²) in [5.41, 5.74) is 3.92. The Hall–Kier alpha value is -2.29. The van der Waals surface area contributed by atoms with Gasteiger partial charge >= 0.3 is 0 Å². The van der Waals surface area contributed by atoms with E-state index in [0.29, 0.717) is 0 Å². The molecule has 1 aliphatic heterocycles. The largest absolute Gasteiger partial charge is 0.496 e. The van der Waals surface area contributed by atoms with Crippen LogP contribution in [0.4, 0.5) is 0 Å². The third kappa shape index (κ3) is 1.27. The molecular weight excluding hydrogens is 250 g/mol. The molecule has 20 heavy (non-hydrogen) atoms. The summed E-state index contributed by atoms with van der Waals surface area (Å²) in [5.74, 6) is 0.939. The quantitative estimate of drug-likeness (QED) is 0.860. The van der Waals surface area contributed by atoms with Crippen molar-refractivity contribution in [2.24, 2.45) is 0 Å². The molecule has 0 saturated carbocycles. The minimum Gasteiger partial charge on any atom is -0.496 e. The molecule has 0 radical (unpaired) electrons. The first kappa shape index (κ1) is 11.5. The summed E-state index contributed by atoms with van der Waals surface area (Å²) in [6.45, 7) is 0. The highest BCUT2D eigenvalue weighted by atomic mass is 16.5. The van der Waals surface area contributed by atoms with Crippen molar-refractivity contribution in [1.29, 1.82) is 0 Å². The fraction of sp³-hybridized carbons (Fsp3) is 0.235. The second-order valence-electron chi connectivity index (χ2n) is 5.39. The molecule has 2 aliphatic rings. The topological polar surface area (TPSA) is 38.3 Å². The van der Waals surface area contributed by atoms with Gasteiger partial charge in [0, 0.05) is 11.1 Å². The van der Waals surface area contributed by atoms with E-state index in [1.165, 1.54) is 11.1 Å². The van der Waals surface area contributed by atoms with Crippen molar-refractivity contribution in [2.75, 3.05) is 7.11 Å². The van der Waals surface area contributed by atoms with E-state index < -0.39 is 0 Å². The van der Waals surface area contributed by atoms with Gasteiger partial charge in [-0.15, -0.1) is 0 Å². The summed E-state index contributed by atoms with van der Waals surface area (Å²) < 4.78 is 5.46. The Balaban J connectivity index is 1.98. The van der Waals surface area contributed by atoms with Crippen LogP contribution in [0.2, 0.25) is 0 Å². The van der Waals surface area contributed by atoms with Crippen molar-refractivity contribution in [3.8, 4) is 5.75 Å². The molecule has 3 nitrogen and oxygen atoms in total. The number of ether oxygens (including phenoxy) is 1. The third-order valence-electron chi connectivity index (χ3n) is 4.52. The number of benzene rings is 2. The maximum absolute atomic E-state index is 12.2. The number of methoxy groups -OCH3 is 1. The lowest BCUT2D eigenvalue weighted by Crippen LogP contribution is -2.38. The molecule has 1 aliphatic carbocycles. The van der Waals surface area contributed by atoms with Crippen LogP contribution in [-0.4, -0.2) is 13.0 Å². The maximum Gasteiger partial charge on any atom is 0.252 e. The highest BCUT2D eigenvalue weighted by Crippen LogP contribution is 2.48. The van der Waals surface area contributed by atoms with Gasteiger partial charge in [-0.05, 0) is 36.1 Å². The molecule has 0 fully saturated rings. The zero-order valence-corrected chi connectivity index (χ0v) is 11.3. The molecule has 0 saturated heterocycles. The third-order valence-corrected chi connectivity index (χ3v) is 4.52. The molecule has 1 amide bonds. The molecule has 1 N–H and O–H groups in total. The Morgan fingerprint density at radius 1 is 1.10 bits per heavy atom. The van der Waals surface area contributed by atoms with Crippen molar-refractivity contribution in [2.45, 2.75) is 18.4 Å². The van der Waals surface area contributed by atoms with E-state index in [4.69, 9.17) is 4.74 Å². The van der Waals surface area contributed by atoms with Crippen molar-refractivity contribution < 1.29 is 9.53 Å². The van der Waals surface area contributed by atoms with Crippen LogP contribution in [0, 0.1) is 0 Å². The number of rotatable bonds is 1. The normalized spacial score (nSPS) is 22.6. The highest BCUT2D eigenvalue weighted by molar-refractivity contribution is 6.01. The maximum atomic E-state index is 12.2. The van der Waals surface area contributed by atoms with Gasteiger partial charge in [-0.3, -0.25) is 4.79 Å². The van der Waals surface area contributed by atoms with E-state index in [9.17, 15) is 4.79 Å². The Morgan fingerprint density at radius 2 is 1.90 bits per heavy atom. The molecule has 1 atom stereocenters. The van der Waals surface area contributed by atoms with Crippen LogP contribution in [0.3, 0.4) is 0 Å². The number of fused-ring (bicyclic) bond motifs is 4.